The highest BCUT2D eigenvalue weighted by molar-refractivity contribution is 7.90. The van der Waals surface area contributed by atoms with Crippen molar-refractivity contribution in [1.82, 2.24) is 4.72 Å². The van der Waals surface area contributed by atoms with E-state index in [1.54, 1.807) is 18.3 Å². The molecule has 0 saturated carbocycles. The molecule has 2 atom stereocenters. The number of nitrogens with one attached hydrogen (secondary N) is 1. The molecule has 0 fully saturated rings. The molecule has 1 rings (SSSR count). The number of thiophene rings is 1. The fourth-order valence-electron chi connectivity index (χ4n) is 1.63. The standard InChI is InChI=1S/C11H20N2O2S2/c1-7-5-11(10(4)16-7)9(3)13-17(14,15)8(2)6-12/h5,8-9,13H,6,12H2,1-4H3. The number of hydrogen-bond acceptors (Lipinski definition) is 4. The third kappa shape index (κ3) is 3.51. The molecule has 0 radical (unpaired) electrons. The van der Waals surface area contributed by atoms with Gasteiger partial charge in [0.1, 0.15) is 0 Å². The summed E-state index contributed by atoms with van der Waals surface area (Å²) in [6, 6.07) is 1.82. The zero-order valence-electron chi connectivity index (χ0n) is 10.6. The van der Waals surface area contributed by atoms with E-state index in [-0.39, 0.29) is 12.6 Å². The highest BCUT2D eigenvalue weighted by Gasteiger charge is 2.23. The minimum absolute atomic E-state index is 0.129. The summed E-state index contributed by atoms with van der Waals surface area (Å²) in [4.78, 5) is 2.34. The van der Waals surface area contributed by atoms with Gasteiger partial charge in [-0.25, -0.2) is 13.1 Å². The molecule has 3 N–H and O–H groups in total. The van der Waals surface area contributed by atoms with Crippen LogP contribution in [0.15, 0.2) is 6.07 Å². The van der Waals surface area contributed by atoms with Crippen molar-refractivity contribution in [2.75, 3.05) is 6.54 Å². The number of aryl methyl sites for hydroxylation is 2. The zero-order valence-corrected chi connectivity index (χ0v) is 12.3. The van der Waals surface area contributed by atoms with Gasteiger partial charge in [-0.2, -0.15) is 0 Å². The van der Waals surface area contributed by atoms with E-state index in [0.717, 1.165) is 10.4 Å². The summed E-state index contributed by atoms with van der Waals surface area (Å²) in [5.41, 5.74) is 6.43. The van der Waals surface area contributed by atoms with Crippen LogP contribution in [0.25, 0.3) is 0 Å². The molecule has 1 heterocycles. The second kappa shape index (κ2) is 5.48. The Morgan fingerprint density at radius 3 is 2.41 bits per heavy atom. The lowest BCUT2D eigenvalue weighted by molar-refractivity contribution is 0.554. The number of rotatable bonds is 5. The van der Waals surface area contributed by atoms with Crippen molar-refractivity contribution in [2.45, 2.75) is 39.0 Å². The summed E-state index contributed by atoms with van der Waals surface area (Å²) < 4.78 is 26.4. The summed E-state index contributed by atoms with van der Waals surface area (Å²) in [6.45, 7) is 7.62. The van der Waals surface area contributed by atoms with Crippen LogP contribution in [0.4, 0.5) is 0 Å². The molecule has 0 spiro atoms. The first-order chi connectivity index (χ1) is 7.77. The van der Waals surface area contributed by atoms with Crippen LogP contribution in [-0.4, -0.2) is 20.2 Å². The molecule has 4 nitrogen and oxygen atoms in total. The first-order valence-corrected chi connectivity index (χ1v) is 7.92. The molecule has 98 valence electrons. The Labute approximate surface area is 107 Å². The van der Waals surface area contributed by atoms with Gasteiger partial charge in [0.15, 0.2) is 0 Å². The molecule has 1 aromatic rings. The zero-order chi connectivity index (χ0) is 13.2. The van der Waals surface area contributed by atoms with E-state index in [2.05, 4.69) is 4.72 Å². The molecule has 17 heavy (non-hydrogen) atoms. The molecule has 0 amide bonds. The van der Waals surface area contributed by atoms with Crippen LogP contribution in [0.5, 0.6) is 0 Å². The summed E-state index contributed by atoms with van der Waals surface area (Å²) in [5, 5.41) is -0.565. The van der Waals surface area contributed by atoms with Crippen LogP contribution < -0.4 is 10.5 Å². The third-order valence-electron chi connectivity index (χ3n) is 2.75. The van der Waals surface area contributed by atoms with Crippen molar-refractivity contribution >= 4 is 21.4 Å². The molecular weight excluding hydrogens is 256 g/mol. The molecule has 6 heteroatoms. The Balaban J connectivity index is 2.86. The third-order valence-corrected chi connectivity index (χ3v) is 5.66. The SMILES string of the molecule is Cc1cc(C(C)NS(=O)(=O)C(C)CN)c(C)s1. The fourth-order valence-corrected chi connectivity index (χ4v) is 3.76. The van der Waals surface area contributed by atoms with E-state index < -0.39 is 15.3 Å². The second-order valence-corrected chi connectivity index (χ2v) is 7.89. The summed E-state index contributed by atoms with van der Waals surface area (Å²) >= 11 is 1.68. The van der Waals surface area contributed by atoms with E-state index in [1.807, 2.05) is 26.8 Å². The molecule has 2 unspecified atom stereocenters. The molecule has 1 aromatic heterocycles. The lowest BCUT2D eigenvalue weighted by Crippen LogP contribution is -2.38. The highest BCUT2D eigenvalue weighted by Crippen LogP contribution is 2.26. The summed E-state index contributed by atoms with van der Waals surface area (Å²) in [5.74, 6) is 0. The number of hydrogen-bond donors (Lipinski definition) is 2. The van der Waals surface area contributed by atoms with E-state index in [9.17, 15) is 8.42 Å². The fraction of sp³-hybridized carbons (Fsp3) is 0.636. The van der Waals surface area contributed by atoms with E-state index in [0.29, 0.717) is 0 Å². The Morgan fingerprint density at radius 1 is 1.41 bits per heavy atom. The number of sulfonamides is 1. The normalized spacial score (nSPS) is 15.8. The highest BCUT2D eigenvalue weighted by atomic mass is 32.2. The average Bonchev–Trinajstić information content (AvgIpc) is 2.56. The van der Waals surface area contributed by atoms with Crippen molar-refractivity contribution in [1.29, 1.82) is 0 Å². The maximum absolute atomic E-state index is 11.9. The Kier molecular flexibility index (Phi) is 4.71. The largest absolute Gasteiger partial charge is 0.329 e. The smallest absolute Gasteiger partial charge is 0.216 e. The summed E-state index contributed by atoms with van der Waals surface area (Å²) in [7, 11) is -3.34. The van der Waals surface area contributed by atoms with E-state index in [4.69, 9.17) is 5.73 Å². The monoisotopic (exact) mass is 276 g/mol. The van der Waals surface area contributed by atoms with Crippen molar-refractivity contribution < 1.29 is 8.42 Å². The summed E-state index contributed by atoms with van der Waals surface area (Å²) in [6.07, 6.45) is 0. The minimum Gasteiger partial charge on any atom is -0.329 e. The maximum atomic E-state index is 11.9. The van der Waals surface area contributed by atoms with E-state index in [1.165, 1.54) is 4.88 Å². The van der Waals surface area contributed by atoms with Crippen LogP contribution in [0, 0.1) is 13.8 Å². The van der Waals surface area contributed by atoms with Gasteiger partial charge < -0.3 is 5.73 Å². The Hall–Kier alpha value is -0.430. The van der Waals surface area contributed by atoms with Crippen LogP contribution >= 0.6 is 11.3 Å². The van der Waals surface area contributed by atoms with Crippen molar-refractivity contribution in [2.24, 2.45) is 5.73 Å². The van der Waals surface area contributed by atoms with Gasteiger partial charge in [-0.3, -0.25) is 0 Å². The topological polar surface area (TPSA) is 72.2 Å². The van der Waals surface area contributed by atoms with Crippen molar-refractivity contribution in [3.05, 3.63) is 21.4 Å². The van der Waals surface area contributed by atoms with Gasteiger partial charge in [0.2, 0.25) is 10.0 Å². The van der Waals surface area contributed by atoms with Crippen molar-refractivity contribution in [3.8, 4) is 0 Å². The lowest BCUT2D eigenvalue weighted by atomic mass is 10.1. The molecule has 0 aliphatic rings. The van der Waals surface area contributed by atoms with Crippen LogP contribution in [-0.2, 0) is 10.0 Å². The quantitative estimate of drug-likeness (QED) is 0.859. The predicted molar refractivity (Wildman–Crippen MR) is 72.8 cm³/mol. The first-order valence-electron chi connectivity index (χ1n) is 5.56. The molecule has 0 aromatic carbocycles. The van der Waals surface area contributed by atoms with Crippen LogP contribution in [0.1, 0.15) is 35.2 Å². The Morgan fingerprint density at radius 2 is 2.00 bits per heavy atom. The number of nitrogens with two attached hydrogens (primary N) is 1. The molecule has 0 saturated heterocycles. The molecule has 0 bridgehead atoms. The van der Waals surface area contributed by atoms with Gasteiger partial charge in [0.05, 0.1) is 5.25 Å². The predicted octanol–water partition coefficient (Wildman–Crippen LogP) is 1.69. The first kappa shape index (κ1) is 14.6. The molecular formula is C11H20N2O2S2. The average molecular weight is 276 g/mol. The van der Waals surface area contributed by atoms with Gasteiger partial charge in [-0.15, -0.1) is 11.3 Å². The van der Waals surface area contributed by atoms with Gasteiger partial charge in [0.25, 0.3) is 0 Å². The van der Waals surface area contributed by atoms with Crippen molar-refractivity contribution in [3.63, 3.8) is 0 Å². The van der Waals surface area contributed by atoms with Gasteiger partial charge in [-0.05, 0) is 39.3 Å². The molecule has 0 aliphatic carbocycles. The van der Waals surface area contributed by atoms with E-state index >= 15 is 0 Å². The second-order valence-electron chi connectivity index (χ2n) is 4.30. The van der Waals surface area contributed by atoms with Crippen LogP contribution in [0.2, 0.25) is 0 Å². The van der Waals surface area contributed by atoms with Gasteiger partial charge >= 0.3 is 0 Å². The molecule has 0 aliphatic heterocycles. The van der Waals surface area contributed by atoms with Gasteiger partial charge in [-0.1, -0.05) is 0 Å². The Bertz CT molecular complexity index is 480. The maximum Gasteiger partial charge on any atom is 0.216 e. The lowest BCUT2D eigenvalue weighted by Gasteiger charge is -2.17. The van der Waals surface area contributed by atoms with Gasteiger partial charge in [0, 0.05) is 22.3 Å². The van der Waals surface area contributed by atoms with Crippen LogP contribution in [0.3, 0.4) is 0 Å². The minimum atomic E-state index is -3.34.